The number of hydrogen-bond donors (Lipinski definition) is 1. The number of carbonyl (C=O) groups excluding carboxylic acids is 1. The first kappa shape index (κ1) is 18.2. The van der Waals surface area contributed by atoms with Crippen LogP contribution in [0.1, 0.15) is 18.4 Å². The van der Waals surface area contributed by atoms with Gasteiger partial charge in [-0.2, -0.15) is 5.10 Å². The van der Waals surface area contributed by atoms with E-state index in [1.807, 2.05) is 24.3 Å². The van der Waals surface area contributed by atoms with Gasteiger partial charge in [-0.25, -0.2) is 9.18 Å². The van der Waals surface area contributed by atoms with Gasteiger partial charge in [-0.3, -0.25) is 0 Å². The van der Waals surface area contributed by atoms with E-state index in [0.717, 1.165) is 29.2 Å². The molecular formula is C21H21FN4O2. The number of aromatic nitrogens is 2. The van der Waals surface area contributed by atoms with Gasteiger partial charge in [-0.1, -0.05) is 30.3 Å². The zero-order chi connectivity index (χ0) is 19.3. The summed E-state index contributed by atoms with van der Waals surface area (Å²) in [6.07, 6.45) is 3.18. The van der Waals surface area contributed by atoms with Crippen molar-refractivity contribution in [2.24, 2.45) is 0 Å². The lowest BCUT2D eigenvalue weighted by molar-refractivity contribution is 0.108. The minimum atomic E-state index is -0.284. The standard InChI is InChI=1S/C21H21FN4O2/c22-17-7-5-15(6-8-17)13-23-21(27)26-11-9-18(10-12-26)28-20-19-4-2-1-3-16(19)14-24-25-20/h1-8,14,18H,9-13H2,(H,23,27). The van der Waals surface area contributed by atoms with Crippen molar-refractivity contribution in [3.63, 3.8) is 0 Å². The van der Waals surface area contributed by atoms with Gasteiger partial charge in [0.1, 0.15) is 11.9 Å². The highest BCUT2D eigenvalue weighted by molar-refractivity contribution is 5.85. The molecule has 2 aromatic carbocycles. The summed E-state index contributed by atoms with van der Waals surface area (Å²) in [5.41, 5.74) is 0.863. The number of piperidine rings is 1. The number of rotatable bonds is 4. The van der Waals surface area contributed by atoms with Gasteiger partial charge in [0.2, 0.25) is 5.88 Å². The summed E-state index contributed by atoms with van der Waals surface area (Å²) < 4.78 is 19.0. The van der Waals surface area contributed by atoms with E-state index in [1.165, 1.54) is 12.1 Å². The normalized spacial score (nSPS) is 14.8. The second kappa shape index (κ2) is 8.21. The first-order chi connectivity index (χ1) is 13.7. The predicted octanol–water partition coefficient (Wildman–Crippen LogP) is 3.52. The van der Waals surface area contributed by atoms with Crippen molar-refractivity contribution in [1.82, 2.24) is 20.4 Å². The minimum Gasteiger partial charge on any atom is -0.473 e. The van der Waals surface area contributed by atoms with Gasteiger partial charge in [0.05, 0.1) is 6.20 Å². The van der Waals surface area contributed by atoms with Crippen LogP contribution in [0.2, 0.25) is 0 Å². The van der Waals surface area contributed by atoms with Gasteiger partial charge >= 0.3 is 6.03 Å². The monoisotopic (exact) mass is 380 g/mol. The van der Waals surface area contributed by atoms with Crippen molar-refractivity contribution < 1.29 is 13.9 Å². The van der Waals surface area contributed by atoms with Crippen LogP contribution in [0, 0.1) is 5.82 Å². The average Bonchev–Trinajstić information content (AvgIpc) is 2.74. The number of likely N-dealkylation sites (tertiary alicyclic amines) is 1. The van der Waals surface area contributed by atoms with E-state index in [4.69, 9.17) is 4.74 Å². The molecule has 28 heavy (non-hydrogen) atoms. The molecule has 0 atom stereocenters. The molecule has 0 spiro atoms. The Kier molecular flexibility index (Phi) is 5.32. The summed E-state index contributed by atoms with van der Waals surface area (Å²) in [7, 11) is 0. The molecule has 0 aliphatic carbocycles. The van der Waals surface area contributed by atoms with Gasteiger partial charge in [0.25, 0.3) is 0 Å². The molecule has 144 valence electrons. The van der Waals surface area contributed by atoms with Crippen molar-refractivity contribution in [2.45, 2.75) is 25.5 Å². The fraction of sp³-hybridized carbons (Fsp3) is 0.286. The van der Waals surface area contributed by atoms with E-state index in [1.54, 1.807) is 23.2 Å². The number of amides is 2. The highest BCUT2D eigenvalue weighted by atomic mass is 19.1. The van der Waals surface area contributed by atoms with Crippen LogP contribution < -0.4 is 10.1 Å². The Morgan fingerprint density at radius 3 is 2.68 bits per heavy atom. The average molecular weight is 380 g/mol. The molecule has 1 aromatic heterocycles. The molecule has 0 saturated carbocycles. The largest absolute Gasteiger partial charge is 0.473 e. The molecule has 0 unspecified atom stereocenters. The van der Waals surface area contributed by atoms with Gasteiger partial charge < -0.3 is 15.0 Å². The van der Waals surface area contributed by atoms with E-state index in [2.05, 4.69) is 15.5 Å². The smallest absolute Gasteiger partial charge is 0.317 e. The number of urea groups is 1. The van der Waals surface area contributed by atoms with Crippen molar-refractivity contribution in [3.8, 4) is 5.88 Å². The molecule has 0 bridgehead atoms. The molecule has 1 N–H and O–H groups in total. The first-order valence-electron chi connectivity index (χ1n) is 9.33. The molecule has 1 fully saturated rings. The Morgan fingerprint density at radius 1 is 1.14 bits per heavy atom. The number of carbonyl (C=O) groups is 1. The fourth-order valence-electron chi connectivity index (χ4n) is 3.32. The third-order valence-corrected chi connectivity index (χ3v) is 4.90. The molecule has 2 heterocycles. The van der Waals surface area contributed by atoms with Gasteiger partial charge in [0, 0.05) is 43.2 Å². The molecule has 1 saturated heterocycles. The maximum atomic E-state index is 12.9. The fourth-order valence-corrected chi connectivity index (χ4v) is 3.32. The lowest BCUT2D eigenvalue weighted by atomic mass is 10.1. The number of nitrogens with zero attached hydrogens (tertiary/aromatic N) is 3. The number of ether oxygens (including phenoxy) is 1. The van der Waals surface area contributed by atoms with Crippen LogP contribution in [-0.2, 0) is 6.54 Å². The van der Waals surface area contributed by atoms with Crippen LogP contribution in [0.3, 0.4) is 0 Å². The van der Waals surface area contributed by atoms with Crippen LogP contribution >= 0.6 is 0 Å². The summed E-state index contributed by atoms with van der Waals surface area (Å²) in [5.74, 6) is 0.255. The van der Waals surface area contributed by atoms with Gasteiger partial charge in [-0.15, -0.1) is 5.10 Å². The van der Waals surface area contributed by atoms with Crippen LogP contribution in [-0.4, -0.2) is 40.3 Å². The third-order valence-electron chi connectivity index (χ3n) is 4.90. The molecule has 2 amide bonds. The predicted molar refractivity (Wildman–Crippen MR) is 103 cm³/mol. The van der Waals surface area contributed by atoms with Crippen LogP contribution in [0.5, 0.6) is 5.88 Å². The number of nitrogens with one attached hydrogen (secondary N) is 1. The molecule has 3 aromatic rings. The molecule has 0 radical (unpaired) electrons. The Balaban J connectivity index is 1.29. The summed E-state index contributed by atoms with van der Waals surface area (Å²) in [5, 5.41) is 13.0. The van der Waals surface area contributed by atoms with Gasteiger partial charge in [0.15, 0.2) is 0 Å². The maximum absolute atomic E-state index is 12.9. The SMILES string of the molecule is O=C(NCc1ccc(F)cc1)N1CCC(Oc2nncc3ccccc23)CC1. The Hall–Kier alpha value is -3.22. The zero-order valence-corrected chi connectivity index (χ0v) is 15.3. The second-order valence-corrected chi connectivity index (χ2v) is 6.83. The lowest BCUT2D eigenvalue weighted by Crippen LogP contribution is -2.46. The number of hydrogen-bond acceptors (Lipinski definition) is 4. The molecule has 4 rings (SSSR count). The maximum Gasteiger partial charge on any atom is 0.317 e. The summed E-state index contributed by atoms with van der Waals surface area (Å²) in [6.45, 7) is 1.59. The van der Waals surface area contributed by atoms with E-state index < -0.39 is 0 Å². The van der Waals surface area contributed by atoms with Crippen molar-refractivity contribution in [2.75, 3.05) is 13.1 Å². The lowest BCUT2D eigenvalue weighted by Gasteiger charge is -2.32. The van der Waals surface area contributed by atoms with Gasteiger partial charge in [-0.05, 0) is 23.8 Å². The van der Waals surface area contributed by atoms with E-state index >= 15 is 0 Å². The zero-order valence-electron chi connectivity index (χ0n) is 15.3. The second-order valence-electron chi connectivity index (χ2n) is 6.83. The third kappa shape index (κ3) is 4.19. The number of fused-ring (bicyclic) bond motifs is 1. The first-order valence-corrected chi connectivity index (χ1v) is 9.33. The Morgan fingerprint density at radius 2 is 1.89 bits per heavy atom. The number of halogens is 1. The molecule has 1 aliphatic heterocycles. The molecule has 1 aliphatic rings. The van der Waals surface area contributed by atoms with Crippen molar-refractivity contribution in [3.05, 3.63) is 66.1 Å². The van der Waals surface area contributed by atoms with Crippen LogP contribution in [0.25, 0.3) is 10.8 Å². The molecule has 7 heteroatoms. The topological polar surface area (TPSA) is 67.4 Å². The van der Waals surface area contributed by atoms with Crippen molar-refractivity contribution in [1.29, 1.82) is 0 Å². The van der Waals surface area contributed by atoms with Crippen molar-refractivity contribution >= 4 is 16.8 Å². The highest BCUT2D eigenvalue weighted by Crippen LogP contribution is 2.24. The summed E-state index contributed by atoms with van der Waals surface area (Å²) in [4.78, 5) is 14.1. The van der Waals surface area contributed by atoms with Crippen LogP contribution in [0.15, 0.2) is 54.7 Å². The quantitative estimate of drug-likeness (QED) is 0.752. The summed E-state index contributed by atoms with van der Waals surface area (Å²) >= 11 is 0. The Bertz CT molecular complexity index is 951. The number of benzene rings is 2. The summed E-state index contributed by atoms with van der Waals surface area (Å²) in [6, 6.07) is 13.8. The van der Waals surface area contributed by atoms with E-state index in [0.29, 0.717) is 25.5 Å². The minimum absolute atomic E-state index is 0.00116. The molecule has 6 nitrogen and oxygen atoms in total. The van der Waals surface area contributed by atoms with Crippen LogP contribution in [0.4, 0.5) is 9.18 Å². The molecular weight excluding hydrogens is 359 g/mol. The Labute approximate surface area is 162 Å². The van der Waals surface area contributed by atoms with E-state index in [-0.39, 0.29) is 18.0 Å². The van der Waals surface area contributed by atoms with E-state index in [9.17, 15) is 9.18 Å². The highest BCUT2D eigenvalue weighted by Gasteiger charge is 2.24.